The Hall–Kier alpha value is -2.14. The molecule has 1 aromatic heterocycles. The molecule has 3 rings (SSSR count). The van der Waals surface area contributed by atoms with E-state index in [9.17, 15) is 9.90 Å². The van der Waals surface area contributed by atoms with Crippen molar-refractivity contribution in [1.29, 1.82) is 0 Å². The van der Waals surface area contributed by atoms with Gasteiger partial charge in [-0.2, -0.15) is 5.10 Å². The average molecular weight is 285 g/mol. The number of aromatic amines is 1. The summed E-state index contributed by atoms with van der Waals surface area (Å²) < 4.78 is 0. The predicted octanol–water partition coefficient (Wildman–Crippen LogP) is 2.11. The number of aromatic nitrogens is 2. The average Bonchev–Trinajstić information content (AvgIpc) is 3.04. The van der Waals surface area contributed by atoms with E-state index < -0.39 is 6.10 Å². The molecule has 0 spiro atoms. The van der Waals surface area contributed by atoms with Gasteiger partial charge in [-0.25, -0.2) is 0 Å². The van der Waals surface area contributed by atoms with Gasteiger partial charge in [-0.1, -0.05) is 25.0 Å². The molecule has 0 aliphatic heterocycles. The molecular formula is C16H19N3O2. The maximum atomic E-state index is 12.2. The first-order valence-corrected chi connectivity index (χ1v) is 7.32. The normalized spacial score (nSPS) is 22.0. The lowest BCUT2D eigenvalue weighted by Crippen LogP contribution is -2.45. The first-order chi connectivity index (χ1) is 10.2. The molecule has 0 unspecified atom stereocenters. The van der Waals surface area contributed by atoms with E-state index in [-0.39, 0.29) is 11.9 Å². The Balaban J connectivity index is 1.67. The molecule has 5 heteroatoms. The summed E-state index contributed by atoms with van der Waals surface area (Å²) in [6, 6.07) is 7.27. The number of nitrogens with one attached hydrogen (secondary N) is 2. The zero-order valence-electron chi connectivity index (χ0n) is 11.7. The minimum absolute atomic E-state index is 0.125. The molecular weight excluding hydrogens is 266 g/mol. The van der Waals surface area contributed by atoms with Crippen molar-refractivity contribution >= 4 is 5.91 Å². The molecule has 5 nitrogen and oxygen atoms in total. The quantitative estimate of drug-likeness (QED) is 0.808. The Morgan fingerprint density at radius 2 is 1.95 bits per heavy atom. The lowest BCUT2D eigenvalue weighted by atomic mass is 9.92. The fraction of sp³-hybridized carbons (Fsp3) is 0.375. The Bertz CT molecular complexity index is 592. The lowest BCUT2D eigenvalue weighted by molar-refractivity contribution is 0.0717. The summed E-state index contributed by atoms with van der Waals surface area (Å²) in [4.78, 5) is 12.2. The second-order valence-electron chi connectivity index (χ2n) is 5.50. The fourth-order valence-electron chi connectivity index (χ4n) is 2.75. The van der Waals surface area contributed by atoms with Crippen LogP contribution in [0.2, 0.25) is 0 Å². The van der Waals surface area contributed by atoms with E-state index in [1.54, 1.807) is 18.3 Å². The van der Waals surface area contributed by atoms with Crippen molar-refractivity contribution in [2.75, 3.05) is 0 Å². The van der Waals surface area contributed by atoms with E-state index in [0.717, 1.165) is 36.8 Å². The number of hydrogen-bond donors (Lipinski definition) is 3. The molecule has 0 radical (unpaired) electrons. The second kappa shape index (κ2) is 6.10. The number of rotatable bonds is 3. The fourth-order valence-corrected chi connectivity index (χ4v) is 2.75. The highest BCUT2D eigenvalue weighted by Gasteiger charge is 2.24. The number of benzene rings is 1. The van der Waals surface area contributed by atoms with Gasteiger partial charge in [-0.3, -0.25) is 9.89 Å². The Morgan fingerprint density at radius 1 is 1.19 bits per heavy atom. The molecule has 110 valence electrons. The SMILES string of the molecule is O=C(N[C@H]1CCCC[C@@H]1O)c1ccc(-c2cn[nH]c2)cc1. The van der Waals surface area contributed by atoms with Crippen LogP contribution >= 0.6 is 0 Å². The van der Waals surface area contributed by atoms with Crippen LogP contribution in [0.1, 0.15) is 36.0 Å². The van der Waals surface area contributed by atoms with Gasteiger partial charge in [0.15, 0.2) is 0 Å². The number of hydrogen-bond acceptors (Lipinski definition) is 3. The van der Waals surface area contributed by atoms with Crippen LogP contribution in [0.3, 0.4) is 0 Å². The van der Waals surface area contributed by atoms with Gasteiger partial charge < -0.3 is 10.4 Å². The van der Waals surface area contributed by atoms with E-state index in [4.69, 9.17) is 0 Å². The number of H-pyrrole nitrogens is 1. The molecule has 1 heterocycles. The molecule has 21 heavy (non-hydrogen) atoms. The van der Waals surface area contributed by atoms with E-state index in [2.05, 4.69) is 15.5 Å². The van der Waals surface area contributed by atoms with Gasteiger partial charge in [-0.05, 0) is 30.5 Å². The van der Waals surface area contributed by atoms with Crippen LogP contribution in [0.5, 0.6) is 0 Å². The number of nitrogens with zero attached hydrogens (tertiary/aromatic N) is 1. The molecule has 3 N–H and O–H groups in total. The highest BCUT2D eigenvalue weighted by atomic mass is 16.3. The van der Waals surface area contributed by atoms with Crippen molar-refractivity contribution in [2.24, 2.45) is 0 Å². The van der Waals surface area contributed by atoms with E-state index in [1.165, 1.54) is 0 Å². The smallest absolute Gasteiger partial charge is 0.251 e. The maximum absolute atomic E-state index is 12.2. The highest BCUT2D eigenvalue weighted by molar-refractivity contribution is 5.94. The molecule has 1 fully saturated rings. The van der Waals surface area contributed by atoms with Gasteiger partial charge in [0.25, 0.3) is 5.91 Å². The van der Waals surface area contributed by atoms with E-state index in [1.807, 2.05) is 18.3 Å². The molecule has 2 atom stereocenters. The van der Waals surface area contributed by atoms with Crippen molar-refractivity contribution in [3.05, 3.63) is 42.2 Å². The first-order valence-electron chi connectivity index (χ1n) is 7.32. The predicted molar refractivity (Wildman–Crippen MR) is 79.8 cm³/mol. The number of carbonyl (C=O) groups excluding carboxylic acids is 1. The topological polar surface area (TPSA) is 78.0 Å². The zero-order chi connectivity index (χ0) is 14.7. The third-order valence-electron chi connectivity index (χ3n) is 4.02. The number of amides is 1. The van der Waals surface area contributed by atoms with Crippen molar-refractivity contribution in [2.45, 2.75) is 37.8 Å². The molecule has 0 bridgehead atoms. The molecule has 1 amide bonds. The van der Waals surface area contributed by atoms with Crippen LogP contribution in [0.4, 0.5) is 0 Å². The van der Waals surface area contributed by atoms with E-state index in [0.29, 0.717) is 5.56 Å². The Kier molecular flexibility index (Phi) is 4.01. The van der Waals surface area contributed by atoms with Crippen LogP contribution in [0, 0.1) is 0 Å². The van der Waals surface area contributed by atoms with Gasteiger partial charge in [0.2, 0.25) is 0 Å². The van der Waals surface area contributed by atoms with Crippen molar-refractivity contribution in [1.82, 2.24) is 15.5 Å². The molecule has 1 aromatic carbocycles. The zero-order valence-corrected chi connectivity index (χ0v) is 11.7. The second-order valence-corrected chi connectivity index (χ2v) is 5.50. The summed E-state index contributed by atoms with van der Waals surface area (Å²) in [6.07, 6.45) is 6.84. The number of aliphatic hydroxyl groups excluding tert-OH is 1. The summed E-state index contributed by atoms with van der Waals surface area (Å²) in [5, 5.41) is 19.5. The third-order valence-corrected chi connectivity index (χ3v) is 4.02. The summed E-state index contributed by atoms with van der Waals surface area (Å²) >= 11 is 0. The minimum Gasteiger partial charge on any atom is -0.391 e. The van der Waals surface area contributed by atoms with Crippen molar-refractivity contribution in [3.63, 3.8) is 0 Å². The number of carbonyl (C=O) groups is 1. The van der Waals surface area contributed by atoms with Crippen LogP contribution in [0.15, 0.2) is 36.7 Å². The summed E-state index contributed by atoms with van der Waals surface area (Å²) in [7, 11) is 0. The van der Waals surface area contributed by atoms with Crippen molar-refractivity contribution in [3.8, 4) is 11.1 Å². The Labute approximate surface area is 123 Å². The summed E-state index contributed by atoms with van der Waals surface area (Å²) in [5.74, 6) is -0.125. The minimum atomic E-state index is -0.423. The first kappa shape index (κ1) is 13.8. The van der Waals surface area contributed by atoms with Gasteiger partial charge >= 0.3 is 0 Å². The molecule has 1 saturated carbocycles. The van der Waals surface area contributed by atoms with Gasteiger partial charge in [0, 0.05) is 17.3 Å². The summed E-state index contributed by atoms with van der Waals surface area (Å²) in [6.45, 7) is 0. The third kappa shape index (κ3) is 3.13. The Morgan fingerprint density at radius 3 is 2.62 bits per heavy atom. The highest BCUT2D eigenvalue weighted by Crippen LogP contribution is 2.20. The lowest BCUT2D eigenvalue weighted by Gasteiger charge is -2.28. The van der Waals surface area contributed by atoms with E-state index >= 15 is 0 Å². The van der Waals surface area contributed by atoms with Crippen LogP contribution < -0.4 is 5.32 Å². The van der Waals surface area contributed by atoms with Crippen LogP contribution in [-0.2, 0) is 0 Å². The maximum Gasteiger partial charge on any atom is 0.251 e. The molecule has 1 aliphatic rings. The van der Waals surface area contributed by atoms with Crippen molar-refractivity contribution < 1.29 is 9.90 Å². The monoisotopic (exact) mass is 285 g/mol. The summed E-state index contributed by atoms with van der Waals surface area (Å²) in [5.41, 5.74) is 2.61. The van der Waals surface area contributed by atoms with Crippen LogP contribution in [0.25, 0.3) is 11.1 Å². The molecule has 2 aromatic rings. The van der Waals surface area contributed by atoms with Gasteiger partial charge in [0.05, 0.1) is 18.3 Å². The molecule has 0 saturated heterocycles. The number of aliphatic hydroxyl groups is 1. The standard InChI is InChI=1S/C16H19N3O2/c20-15-4-2-1-3-14(15)19-16(21)12-7-5-11(6-8-12)13-9-17-18-10-13/h5-10,14-15,20H,1-4H2,(H,17,18)(H,19,21)/t14-,15-/m0/s1. The van der Waals surface area contributed by atoms with Gasteiger partial charge in [-0.15, -0.1) is 0 Å². The van der Waals surface area contributed by atoms with Crippen LogP contribution in [-0.4, -0.2) is 33.4 Å². The van der Waals surface area contributed by atoms with Gasteiger partial charge in [0.1, 0.15) is 0 Å². The molecule has 1 aliphatic carbocycles. The largest absolute Gasteiger partial charge is 0.391 e.